The average molecular weight is 883 g/mol. The quantitative estimate of drug-likeness (QED) is 0.247. The molecule has 4 heteroatoms. The zero-order chi connectivity index (χ0) is 25.1. The second-order valence-electron chi connectivity index (χ2n) is 11.7. The van der Waals surface area contributed by atoms with Crippen LogP contribution in [0.3, 0.4) is 0 Å². The third kappa shape index (κ3) is 7.24. The van der Waals surface area contributed by atoms with Crippen LogP contribution in [0.4, 0.5) is 0 Å². The normalized spacial score (nSPS) is 24.1. The number of halogens is 2. The molecule has 0 radical (unpaired) electrons. The van der Waals surface area contributed by atoms with Crippen molar-refractivity contribution in [2.24, 2.45) is 0 Å². The Bertz CT molecular complexity index is 1120. The van der Waals surface area contributed by atoms with Crippen LogP contribution in [0.25, 0.3) is 0 Å². The van der Waals surface area contributed by atoms with Crippen molar-refractivity contribution < 1.29 is 41.9 Å². The molecular weight excluding hydrogens is 836 g/mol. The van der Waals surface area contributed by atoms with Crippen molar-refractivity contribution in [3.63, 3.8) is 0 Å². The standard InChI is InChI=1S/2C9H11.2C5H5.2C3H6.2ClH.2Hf/c2*1-2-5-9-7-3-6-8(9)4-1;2*1-2-4-5-3-1;2*1-3-2;;;;/h2*3,6-7H,1-2,4-5H2;2*1-3H,4H2;2*1-2H3;2*1H;;. The van der Waals surface area contributed by atoms with Crippen LogP contribution in [0, 0.1) is 0 Å². The summed E-state index contributed by atoms with van der Waals surface area (Å²) in [5.41, 5.74) is 7.11. The minimum absolute atomic E-state index is 0. The first-order chi connectivity index (χ1) is 17.5. The molecule has 38 heavy (non-hydrogen) atoms. The summed E-state index contributed by atoms with van der Waals surface area (Å²) in [4.78, 5) is 0. The molecule has 204 valence electrons. The molecular formula is C34H46Cl2Hf2. The molecule has 0 aromatic carbocycles. The van der Waals surface area contributed by atoms with Crippen molar-refractivity contribution in [1.29, 1.82) is 0 Å². The molecule has 6 rings (SSSR count). The van der Waals surface area contributed by atoms with Gasteiger partial charge in [0.05, 0.1) is 0 Å². The van der Waals surface area contributed by atoms with Gasteiger partial charge in [-0.3, -0.25) is 0 Å². The van der Waals surface area contributed by atoms with Crippen molar-refractivity contribution in [3.8, 4) is 0 Å². The van der Waals surface area contributed by atoms with Gasteiger partial charge in [0, 0.05) is 0 Å². The number of allylic oxidation sites excluding steroid dienone is 16. The largest absolute Gasteiger partial charge is 0.147 e. The monoisotopic (exact) mass is 884 g/mol. The van der Waals surface area contributed by atoms with E-state index in [1.54, 1.807) is 17.7 Å². The van der Waals surface area contributed by atoms with Gasteiger partial charge in [-0.1, -0.05) is 0 Å². The van der Waals surface area contributed by atoms with Crippen molar-refractivity contribution in [3.05, 3.63) is 89.7 Å². The summed E-state index contributed by atoms with van der Waals surface area (Å²) in [6.07, 6.45) is 37.8. The number of rotatable bonds is 4. The van der Waals surface area contributed by atoms with Crippen LogP contribution in [0.2, 0.25) is 7.35 Å². The van der Waals surface area contributed by atoms with Gasteiger partial charge in [0.15, 0.2) is 0 Å². The smallest absolute Gasteiger partial charge is 0.147 e. The maximum Gasteiger partial charge on any atom is -0.147 e. The molecule has 2 unspecified atom stereocenters. The molecule has 0 spiro atoms. The topological polar surface area (TPSA) is 0 Å². The molecule has 2 atom stereocenters. The minimum atomic E-state index is -1.78. The molecule has 0 aliphatic heterocycles. The predicted octanol–water partition coefficient (Wildman–Crippen LogP) is 10.6. The molecule has 0 heterocycles. The van der Waals surface area contributed by atoms with Crippen LogP contribution in [0.5, 0.6) is 0 Å². The SMILES string of the molecule is C[C](C)=[Hf]([C]1=CC=CC1)[CH]1C=CC2=C1CCCC2.C[C](C)=[Hf]([C]1=CC=CC1)[CH]1C=CC2=C1CCCC2.Cl.Cl. The number of hydrogen-bond acceptors (Lipinski definition) is 0. The van der Waals surface area contributed by atoms with E-state index >= 15 is 0 Å². The van der Waals surface area contributed by atoms with Crippen molar-refractivity contribution in [1.82, 2.24) is 0 Å². The molecule has 0 saturated carbocycles. The van der Waals surface area contributed by atoms with E-state index < -0.39 is 41.9 Å². The Morgan fingerprint density at radius 2 is 1.00 bits per heavy atom. The third-order valence-electron chi connectivity index (χ3n) is 8.77. The first-order valence-electron chi connectivity index (χ1n) is 14.4. The second-order valence-corrected chi connectivity index (χ2v) is 33.9. The zero-order valence-corrected chi connectivity index (χ0v) is 32.6. The van der Waals surface area contributed by atoms with Gasteiger partial charge in [0.2, 0.25) is 0 Å². The average Bonchev–Trinajstić information content (AvgIpc) is 3.69. The zero-order valence-electron chi connectivity index (χ0n) is 23.8. The van der Waals surface area contributed by atoms with Gasteiger partial charge in [0.1, 0.15) is 0 Å². The fourth-order valence-electron chi connectivity index (χ4n) is 7.15. The molecule has 0 nitrogen and oxygen atoms in total. The minimum Gasteiger partial charge on any atom is -0.147 e. The van der Waals surface area contributed by atoms with E-state index in [2.05, 4.69) is 88.5 Å². The van der Waals surface area contributed by atoms with Crippen molar-refractivity contribution in [2.75, 3.05) is 0 Å². The third-order valence-corrected chi connectivity index (χ3v) is 32.5. The molecule has 6 aliphatic carbocycles. The summed E-state index contributed by atoms with van der Waals surface area (Å²) in [5, 5.41) is 0. The van der Waals surface area contributed by atoms with E-state index in [0.29, 0.717) is 0 Å². The predicted molar refractivity (Wildman–Crippen MR) is 168 cm³/mol. The molecule has 0 fully saturated rings. The first-order valence-corrected chi connectivity index (χ1v) is 25.7. The van der Waals surface area contributed by atoms with Crippen LogP contribution < -0.4 is 0 Å². The Balaban J connectivity index is 0.000000200. The molecule has 0 bridgehead atoms. The molecule has 0 N–H and O–H groups in total. The second kappa shape index (κ2) is 15.3. The summed E-state index contributed by atoms with van der Waals surface area (Å²) in [6, 6.07) is 0. The van der Waals surface area contributed by atoms with Gasteiger partial charge < -0.3 is 0 Å². The van der Waals surface area contributed by atoms with Crippen LogP contribution in [0.1, 0.15) is 91.9 Å². The van der Waals surface area contributed by atoms with Gasteiger partial charge in [-0.2, -0.15) is 0 Å². The van der Waals surface area contributed by atoms with Crippen LogP contribution in [-0.4, -0.2) is 6.51 Å². The molecule has 0 aromatic rings. The van der Waals surface area contributed by atoms with E-state index in [4.69, 9.17) is 0 Å². The fraction of sp³-hybridized carbons (Fsp3) is 0.471. The summed E-state index contributed by atoms with van der Waals surface area (Å²) in [5.74, 6) is 0. The fourth-order valence-corrected chi connectivity index (χ4v) is 30.5. The Kier molecular flexibility index (Phi) is 13.1. The van der Waals surface area contributed by atoms with Gasteiger partial charge in [-0.25, -0.2) is 0 Å². The summed E-state index contributed by atoms with van der Waals surface area (Å²) >= 11 is -3.55. The van der Waals surface area contributed by atoms with Gasteiger partial charge in [0.25, 0.3) is 0 Å². The molecule has 0 aromatic heterocycles. The Morgan fingerprint density at radius 3 is 1.34 bits per heavy atom. The molecule has 6 aliphatic rings. The van der Waals surface area contributed by atoms with E-state index in [1.165, 1.54) is 64.2 Å². The van der Waals surface area contributed by atoms with E-state index in [1.807, 2.05) is 17.8 Å². The van der Waals surface area contributed by atoms with Crippen LogP contribution >= 0.6 is 24.8 Å². The number of hydrogen-bond donors (Lipinski definition) is 0. The maximum absolute atomic E-state index is 2.57. The Hall–Kier alpha value is -0.0197. The van der Waals surface area contributed by atoms with Crippen LogP contribution in [0.15, 0.2) is 89.7 Å². The van der Waals surface area contributed by atoms with E-state index in [-0.39, 0.29) is 24.8 Å². The van der Waals surface area contributed by atoms with Crippen LogP contribution in [-0.2, 0) is 41.9 Å². The Morgan fingerprint density at radius 1 is 0.605 bits per heavy atom. The van der Waals surface area contributed by atoms with Gasteiger partial charge in [-0.15, -0.1) is 24.8 Å². The summed E-state index contributed by atoms with van der Waals surface area (Å²) in [7, 11) is 0. The van der Waals surface area contributed by atoms with Gasteiger partial charge in [-0.05, 0) is 0 Å². The maximum atomic E-state index is 2.57. The van der Waals surface area contributed by atoms with Crippen molar-refractivity contribution in [2.45, 2.75) is 99.3 Å². The van der Waals surface area contributed by atoms with E-state index in [9.17, 15) is 0 Å². The van der Waals surface area contributed by atoms with Crippen molar-refractivity contribution >= 4 is 31.3 Å². The molecule has 0 amide bonds. The molecule has 0 saturated heterocycles. The van der Waals surface area contributed by atoms with Gasteiger partial charge >= 0.3 is 237 Å². The first kappa shape index (κ1) is 32.5. The summed E-state index contributed by atoms with van der Waals surface area (Å²) < 4.78 is 8.97. The summed E-state index contributed by atoms with van der Waals surface area (Å²) in [6.45, 7) is 9.60. The van der Waals surface area contributed by atoms with E-state index in [0.717, 1.165) is 7.35 Å². The Labute approximate surface area is 259 Å².